The summed E-state index contributed by atoms with van der Waals surface area (Å²) in [5.74, 6) is 0. The predicted octanol–water partition coefficient (Wildman–Crippen LogP) is 3.28. The number of rotatable bonds is 6. The predicted molar refractivity (Wildman–Crippen MR) is 66.5 cm³/mol. The van der Waals surface area contributed by atoms with Gasteiger partial charge >= 0.3 is 0 Å². The minimum Gasteiger partial charge on any atom is -0.379 e. The van der Waals surface area contributed by atoms with Crippen molar-refractivity contribution in [2.45, 2.75) is 32.3 Å². The lowest BCUT2D eigenvalue weighted by Gasteiger charge is -1.99. The Bertz CT molecular complexity index is 205. The Labute approximate surface area is 98.6 Å². The fraction of sp³-hybridized carbons (Fsp3) is 0.571. The number of ether oxygens (including phenoxy) is 2. The first-order valence-corrected chi connectivity index (χ1v) is 6.13. The minimum atomic E-state index is 0.432. The van der Waals surface area contributed by atoms with Crippen LogP contribution in [0, 0.1) is 0 Å². The smallest absolute Gasteiger partial charge is 0.104 e. The molecule has 2 rings (SSSR count). The molecule has 90 valence electrons. The second-order valence-electron chi connectivity index (χ2n) is 3.89. The molecule has 0 amide bonds. The third-order valence-corrected chi connectivity index (χ3v) is 2.27. The number of hydrogen-bond donors (Lipinski definition) is 0. The van der Waals surface area contributed by atoms with Crippen LogP contribution in [0.25, 0.3) is 0 Å². The number of unbranched alkanes of at least 4 members (excludes halogenated alkanes) is 2. The first kappa shape index (κ1) is 13.2. The van der Waals surface area contributed by atoms with E-state index in [2.05, 4.69) is 6.92 Å². The second kappa shape index (κ2) is 9.37. The maximum atomic E-state index is 5.33. The van der Waals surface area contributed by atoms with E-state index >= 15 is 0 Å². The largest absolute Gasteiger partial charge is 0.379 e. The van der Waals surface area contributed by atoms with Crippen molar-refractivity contribution in [1.29, 1.82) is 0 Å². The Balaban J connectivity index is 0.000000181. The fourth-order valence-electron chi connectivity index (χ4n) is 1.22. The summed E-state index contributed by atoms with van der Waals surface area (Å²) in [6.45, 7) is 4.83. The Morgan fingerprint density at radius 3 is 2.06 bits per heavy atom. The molecule has 0 saturated carbocycles. The van der Waals surface area contributed by atoms with E-state index in [4.69, 9.17) is 9.47 Å². The minimum absolute atomic E-state index is 0.432. The van der Waals surface area contributed by atoms with Gasteiger partial charge < -0.3 is 9.47 Å². The molecule has 0 spiro atoms. The summed E-state index contributed by atoms with van der Waals surface area (Å²) >= 11 is 0. The molecule has 1 aromatic rings. The van der Waals surface area contributed by atoms with Crippen LogP contribution in [-0.2, 0) is 9.47 Å². The van der Waals surface area contributed by atoms with Gasteiger partial charge in [0.1, 0.15) is 6.10 Å². The zero-order valence-corrected chi connectivity index (χ0v) is 10.1. The Hall–Kier alpha value is -0.860. The summed E-state index contributed by atoms with van der Waals surface area (Å²) in [6, 6.07) is 12.0. The van der Waals surface area contributed by atoms with E-state index in [-0.39, 0.29) is 0 Å². The third kappa shape index (κ3) is 8.45. The lowest BCUT2D eigenvalue weighted by molar-refractivity contribution is 0.113. The highest BCUT2D eigenvalue weighted by Gasteiger charge is 2.21. The summed E-state index contributed by atoms with van der Waals surface area (Å²) in [4.78, 5) is 0. The maximum absolute atomic E-state index is 5.33. The molecular weight excluding hydrogens is 200 g/mol. The first-order valence-electron chi connectivity index (χ1n) is 6.13. The summed E-state index contributed by atoms with van der Waals surface area (Å²) in [5, 5.41) is 0. The van der Waals surface area contributed by atoms with Gasteiger partial charge in [0, 0.05) is 6.61 Å². The van der Waals surface area contributed by atoms with E-state index in [9.17, 15) is 0 Å². The summed E-state index contributed by atoms with van der Waals surface area (Å²) in [7, 11) is 0. The molecular formula is C14H22O2. The fourth-order valence-corrected chi connectivity index (χ4v) is 1.22. The standard InChI is InChI=1S/C8H16O2.C6H6/c1-2-3-4-5-9-6-8-7-10-8;1-2-4-6-5-3-1/h8H,2-7H2,1H3;1-6H. The van der Waals surface area contributed by atoms with Crippen LogP contribution in [0.2, 0.25) is 0 Å². The zero-order valence-electron chi connectivity index (χ0n) is 10.1. The molecule has 1 fully saturated rings. The van der Waals surface area contributed by atoms with Gasteiger partial charge in [-0.15, -0.1) is 0 Å². The van der Waals surface area contributed by atoms with Gasteiger partial charge in [0.25, 0.3) is 0 Å². The van der Waals surface area contributed by atoms with Crippen LogP contribution in [0.5, 0.6) is 0 Å². The number of epoxide rings is 1. The molecule has 0 aliphatic carbocycles. The molecule has 0 radical (unpaired) electrons. The highest BCUT2D eigenvalue weighted by atomic mass is 16.6. The van der Waals surface area contributed by atoms with Crippen molar-refractivity contribution in [3.05, 3.63) is 36.4 Å². The third-order valence-electron chi connectivity index (χ3n) is 2.27. The van der Waals surface area contributed by atoms with Gasteiger partial charge in [0.05, 0.1) is 13.2 Å². The second-order valence-corrected chi connectivity index (χ2v) is 3.89. The van der Waals surface area contributed by atoms with Crippen LogP contribution in [-0.4, -0.2) is 25.9 Å². The van der Waals surface area contributed by atoms with Gasteiger partial charge in [-0.3, -0.25) is 0 Å². The topological polar surface area (TPSA) is 21.8 Å². The summed E-state index contributed by atoms with van der Waals surface area (Å²) in [5.41, 5.74) is 0. The van der Waals surface area contributed by atoms with Crippen LogP contribution < -0.4 is 0 Å². The molecule has 1 aromatic carbocycles. The number of benzene rings is 1. The molecule has 0 aromatic heterocycles. The Morgan fingerprint density at radius 2 is 1.62 bits per heavy atom. The van der Waals surface area contributed by atoms with Crippen molar-refractivity contribution in [3.63, 3.8) is 0 Å². The SMILES string of the molecule is CCCCCOCC1CO1.c1ccccc1. The molecule has 2 nitrogen and oxygen atoms in total. The van der Waals surface area contributed by atoms with E-state index in [0.29, 0.717) is 6.10 Å². The van der Waals surface area contributed by atoms with Gasteiger partial charge in [-0.2, -0.15) is 0 Å². The van der Waals surface area contributed by atoms with Crippen LogP contribution in [0.1, 0.15) is 26.2 Å². The molecule has 1 aliphatic heterocycles. The number of hydrogen-bond acceptors (Lipinski definition) is 2. The normalized spacial score (nSPS) is 17.4. The van der Waals surface area contributed by atoms with Crippen molar-refractivity contribution in [3.8, 4) is 0 Å². The lowest BCUT2D eigenvalue weighted by Crippen LogP contribution is -2.02. The highest BCUT2D eigenvalue weighted by molar-refractivity contribution is 4.99. The molecule has 2 heteroatoms. The highest BCUT2D eigenvalue weighted by Crippen LogP contribution is 2.08. The molecule has 0 N–H and O–H groups in total. The van der Waals surface area contributed by atoms with Crippen molar-refractivity contribution >= 4 is 0 Å². The van der Waals surface area contributed by atoms with Crippen LogP contribution >= 0.6 is 0 Å². The molecule has 1 saturated heterocycles. The van der Waals surface area contributed by atoms with Crippen molar-refractivity contribution < 1.29 is 9.47 Å². The van der Waals surface area contributed by atoms with Crippen molar-refractivity contribution in [1.82, 2.24) is 0 Å². The molecule has 1 aliphatic rings. The van der Waals surface area contributed by atoms with E-state index in [0.717, 1.165) is 19.8 Å². The van der Waals surface area contributed by atoms with Gasteiger partial charge in [-0.1, -0.05) is 56.2 Å². The van der Waals surface area contributed by atoms with Gasteiger partial charge in [0.15, 0.2) is 0 Å². The molecule has 16 heavy (non-hydrogen) atoms. The van der Waals surface area contributed by atoms with Crippen molar-refractivity contribution in [2.75, 3.05) is 19.8 Å². The van der Waals surface area contributed by atoms with Crippen LogP contribution in [0.4, 0.5) is 0 Å². The van der Waals surface area contributed by atoms with Crippen LogP contribution in [0.15, 0.2) is 36.4 Å². The van der Waals surface area contributed by atoms with E-state index in [1.807, 2.05) is 36.4 Å². The average Bonchev–Trinajstić information content (AvgIpc) is 3.16. The molecule has 1 atom stereocenters. The Morgan fingerprint density at radius 1 is 1.06 bits per heavy atom. The average molecular weight is 222 g/mol. The van der Waals surface area contributed by atoms with Gasteiger partial charge in [-0.05, 0) is 6.42 Å². The first-order chi connectivity index (χ1) is 7.93. The van der Waals surface area contributed by atoms with Gasteiger partial charge in [-0.25, -0.2) is 0 Å². The summed E-state index contributed by atoms with van der Waals surface area (Å²) < 4.78 is 10.3. The van der Waals surface area contributed by atoms with E-state index < -0.39 is 0 Å². The van der Waals surface area contributed by atoms with Gasteiger partial charge in [0.2, 0.25) is 0 Å². The quantitative estimate of drug-likeness (QED) is 0.544. The van der Waals surface area contributed by atoms with Crippen molar-refractivity contribution in [2.24, 2.45) is 0 Å². The van der Waals surface area contributed by atoms with E-state index in [1.54, 1.807) is 0 Å². The monoisotopic (exact) mass is 222 g/mol. The molecule has 1 unspecified atom stereocenters. The maximum Gasteiger partial charge on any atom is 0.104 e. The zero-order chi connectivity index (χ0) is 11.5. The summed E-state index contributed by atoms with van der Waals surface area (Å²) in [6.07, 6.45) is 4.18. The molecule has 1 heterocycles. The van der Waals surface area contributed by atoms with Crippen LogP contribution in [0.3, 0.4) is 0 Å². The van der Waals surface area contributed by atoms with E-state index in [1.165, 1.54) is 19.3 Å². The lowest BCUT2D eigenvalue weighted by atomic mass is 10.3. The Kier molecular flexibility index (Phi) is 7.74. The molecule has 0 bridgehead atoms.